The van der Waals surface area contributed by atoms with Gasteiger partial charge in [-0.1, -0.05) is 27.7 Å². The molecule has 1 unspecified atom stereocenters. The first-order valence-electron chi connectivity index (χ1n) is 8.48. The number of aryl methyl sites for hydroxylation is 2. The number of halogens is 1. The highest BCUT2D eigenvalue weighted by atomic mass is 79.9. The third kappa shape index (κ3) is 5.74. The fourth-order valence-electron chi connectivity index (χ4n) is 2.87. The van der Waals surface area contributed by atoms with Crippen LogP contribution in [0.3, 0.4) is 0 Å². The first-order chi connectivity index (χ1) is 10.0. The summed E-state index contributed by atoms with van der Waals surface area (Å²) < 4.78 is 3.41. The zero-order chi connectivity index (χ0) is 15.8. The lowest BCUT2D eigenvalue weighted by atomic mass is 9.92. The lowest BCUT2D eigenvalue weighted by molar-refractivity contribution is 0.376. The molecule has 0 aliphatic rings. The van der Waals surface area contributed by atoms with E-state index in [0.29, 0.717) is 5.92 Å². The Kier molecular flexibility index (Phi) is 8.57. The molecule has 0 radical (unpaired) electrons. The van der Waals surface area contributed by atoms with Crippen LogP contribution in [0.5, 0.6) is 0 Å². The van der Waals surface area contributed by atoms with Gasteiger partial charge in [-0.25, -0.2) is 0 Å². The Hall–Kier alpha value is -0.350. The van der Waals surface area contributed by atoms with E-state index in [0.717, 1.165) is 38.4 Å². The number of hydrogen-bond donors (Lipinski definition) is 1. The van der Waals surface area contributed by atoms with Crippen LogP contribution in [0.15, 0.2) is 4.47 Å². The molecule has 1 rings (SSSR count). The molecule has 1 atom stereocenters. The van der Waals surface area contributed by atoms with Crippen molar-refractivity contribution in [2.75, 3.05) is 13.1 Å². The minimum Gasteiger partial charge on any atom is -0.316 e. The maximum atomic E-state index is 4.72. The van der Waals surface area contributed by atoms with Gasteiger partial charge in [0.2, 0.25) is 0 Å². The SMILES string of the molecule is CCCNCC(Cc1c(Br)c(CC)nn1CC)CC(C)C. The van der Waals surface area contributed by atoms with Gasteiger partial charge in [-0.3, -0.25) is 4.68 Å². The Morgan fingerprint density at radius 3 is 2.48 bits per heavy atom. The maximum absolute atomic E-state index is 4.72. The first-order valence-corrected chi connectivity index (χ1v) is 9.27. The quantitative estimate of drug-likeness (QED) is 0.627. The Bertz CT molecular complexity index is 412. The predicted octanol–water partition coefficient (Wildman–Crippen LogP) is 4.43. The fraction of sp³-hybridized carbons (Fsp3) is 0.824. The molecule has 0 fully saturated rings. The van der Waals surface area contributed by atoms with Crippen LogP contribution in [0.4, 0.5) is 0 Å². The largest absolute Gasteiger partial charge is 0.316 e. The molecule has 4 heteroatoms. The lowest BCUT2D eigenvalue weighted by Crippen LogP contribution is -2.27. The molecule has 0 amide bonds. The number of hydrogen-bond acceptors (Lipinski definition) is 2. The lowest BCUT2D eigenvalue weighted by Gasteiger charge is -2.20. The molecular weight excluding hydrogens is 326 g/mol. The third-order valence-electron chi connectivity index (χ3n) is 3.84. The van der Waals surface area contributed by atoms with E-state index in [2.05, 4.69) is 60.5 Å². The smallest absolute Gasteiger partial charge is 0.0766 e. The van der Waals surface area contributed by atoms with Crippen LogP contribution in [0.1, 0.15) is 58.8 Å². The van der Waals surface area contributed by atoms with Crippen molar-refractivity contribution < 1.29 is 0 Å². The van der Waals surface area contributed by atoms with E-state index in [9.17, 15) is 0 Å². The van der Waals surface area contributed by atoms with Gasteiger partial charge in [0.25, 0.3) is 0 Å². The topological polar surface area (TPSA) is 29.9 Å². The van der Waals surface area contributed by atoms with Gasteiger partial charge in [0, 0.05) is 6.54 Å². The van der Waals surface area contributed by atoms with Crippen molar-refractivity contribution in [3.8, 4) is 0 Å². The summed E-state index contributed by atoms with van der Waals surface area (Å²) in [7, 11) is 0. The van der Waals surface area contributed by atoms with Crippen LogP contribution in [0, 0.1) is 11.8 Å². The molecular formula is C17H32BrN3. The van der Waals surface area contributed by atoms with Gasteiger partial charge < -0.3 is 5.32 Å². The number of nitrogens with one attached hydrogen (secondary N) is 1. The van der Waals surface area contributed by atoms with E-state index in [1.807, 2.05) is 0 Å². The van der Waals surface area contributed by atoms with Crippen molar-refractivity contribution in [1.29, 1.82) is 0 Å². The molecule has 1 aromatic heterocycles. The van der Waals surface area contributed by atoms with E-state index in [-0.39, 0.29) is 0 Å². The highest BCUT2D eigenvalue weighted by Crippen LogP contribution is 2.26. The Morgan fingerprint density at radius 2 is 1.95 bits per heavy atom. The number of aromatic nitrogens is 2. The van der Waals surface area contributed by atoms with Crippen molar-refractivity contribution >= 4 is 15.9 Å². The zero-order valence-electron chi connectivity index (χ0n) is 14.4. The van der Waals surface area contributed by atoms with Crippen molar-refractivity contribution in [3.05, 3.63) is 15.9 Å². The Labute approximate surface area is 139 Å². The third-order valence-corrected chi connectivity index (χ3v) is 4.76. The van der Waals surface area contributed by atoms with E-state index in [1.54, 1.807) is 0 Å². The van der Waals surface area contributed by atoms with Crippen LogP contribution in [0.2, 0.25) is 0 Å². The molecule has 21 heavy (non-hydrogen) atoms. The van der Waals surface area contributed by atoms with E-state index >= 15 is 0 Å². The van der Waals surface area contributed by atoms with Gasteiger partial charge in [0.15, 0.2) is 0 Å². The summed E-state index contributed by atoms with van der Waals surface area (Å²) >= 11 is 3.78. The maximum Gasteiger partial charge on any atom is 0.0766 e. The minimum absolute atomic E-state index is 0.680. The molecule has 0 saturated carbocycles. The molecule has 0 aliphatic heterocycles. The average molecular weight is 358 g/mol. The zero-order valence-corrected chi connectivity index (χ0v) is 16.0. The van der Waals surface area contributed by atoms with Crippen LogP contribution < -0.4 is 5.32 Å². The summed E-state index contributed by atoms with van der Waals surface area (Å²) in [4.78, 5) is 0. The van der Waals surface area contributed by atoms with Crippen LogP contribution >= 0.6 is 15.9 Å². The summed E-state index contributed by atoms with van der Waals surface area (Å²) in [5.41, 5.74) is 2.56. The van der Waals surface area contributed by atoms with Gasteiger partial charge in [-0.05, 0) is 73.5 Å². The monoisotopic (exact) mass is 357 g/mol. The van der Waals surface area contributed by atoms with Gasteiger partial charge in [-0.15, -0.1) is 0 Å². The van der Waals surface area contributed by atoms with Crippen LogP contribution in [0.25, 0.3) is 0 Å². The molecule has 122 valence electrons. The van der Waals surface area contributed by atoms with E-state index in [1.165, 1.54) is 28.7 Å². The molecule has 1 N–H and O–H groups in total. The van der Waals surface area contributed by atoms with E-state index in [4.69, 9.17) is 5.10 Å². The van der Waals surface area contributed by atoms with Gasteiger partial charge in [0.1, 0.15) is 0 Å². The molecule has 3 nitrogen and oxygen atoms in total. The van der Waals surface area contributed by atoms with E-state index < -0.39 is 0 Å². The normalized spacial score (nSPS) is 13.1. The second-order valence-electron chi connectivity index (χ2n) is 6.28. The first kappa shape index (κ1) is 18.7. The summed E-state index contributed by atoms with van der Waals surface area (Å²) in [5.74, 6) is 1.42. The minimum atomic E-state index is 0.680. The summed E-state index contributed by atoms with van der Waals surface area (Å²) in [6, 6.07) is 0. The molecule has 0 saturated heterocycles. The Morgan fingerprint density at radius 1 is 1.24 bits per heavy atom. The van der Waals surface area contributed by atoms with Crippen molar-refractivity contribution in [2.45, 2.75) is 66.8 Å². The standard InChI is InChI=1S/C17H32BrN3/c1-6-9-19-12-14(10-13(4)5)11-16-17(18)15(7-2)20-21(16)8-3/h13-14,19H,6-12H2,1-5H3. The summed E-state index contributed by atoms with van der Waals surface area (Å²) in [6.45, 7) is 14.4. The summed E-state index contributed by atoms with van der Waals surface area (Å²) in [5, 5.41) is 8.32. The highest BCUT2D eigenvalue weighted by molar-refractivity contribution is 9.10. The molecule has 0 bridgehead atoms. The second-order valence-corrected chi connectivity index (χ2v) is 7.07. The molecule has 0 aromatic carbocycles. The second kappa shape index (κ2) is 9.62. The van der Waals surface area contributed by atoms with Crippen molar-refractivity contribution in [1.82, 2.24) is 15.1 Å². The summed E-state index contributed by atoms with van der Waals surface area (Å²) in [6.07, 6.45) is 4.56. The van der Waals surface area contributed by atoms with Crippen LogP contribution in [-0.4, -0.2) is 22.9 Å². The molecule has 1 heterocycles. The van der Waals surface area contributed by atoms with Gasteiger partial charge in [0.05, 0.1) is 15.9 Å². The Balaban J connectivity index is 2.83. The molecule has 1 aromatic rings. The van der Waals surface area contributed by atoms with Crippen LogP contribution in [-0.2, 0) is 19.4 Å². The molecule has 0 aliphatic carbocycles. The highest BCUT2D eigenvalue weighted by Gasteiger charge is 2.19. The van der Waals surface area contributed by atoms with Crippen molar-refractivity contribution in [2.24, 2.45) is 11.8 Å². The average Bonchev–Trinajstić information content (AvgIpc) is 2.74. The number of nitrogens with zero attached hydrogens (tertiary/aromatic N) is 2. The predicted molar refractivity (Wildman–Crippen MR) is 94.8 cm³/mol. The fourth-order valence-corrected chi connectivity index (χ4v) is 3.60. The number of rotatable bonds is 10. The van der Waals surface area contributed by atoms with Gasteiger partial charge in [-0.2, -0.15) is 5.10 Å². The van der Waals surface area contributed by atoms with Gasteiger partial charge >= 0.3 is 0 Å². The van der Waals surface area contributed by atoms with Crippen molar-refractivity contribution in [3.63, 3.8) is 0 Å². The molecule has 0 spiro atoms.